The van der Waals surface area contributed by atoms with E-state index in [1.807, 2.05) is 49.5 Å². The number of carbonyl (C=O) groups is 2. The fourth-order valence-electron chi connectivity index (χ4n) is 4.89. The van der Waals surface area contributed by atoms with E-state index >= 15 is 0 Å². The van der Waals surface area contributed by atoms with E-state index in [4.69, 9.17) is 19.1 Å². The van der Waals surface area contributed by atoms with Gasteiger partial charge < -0.3 is 34.8 Å². The van der Waals surface area contributed by atoms with Gasteiger partial charge in [-0.25, -0.2) is 4.57 Å². The van der Waals surface area contributed by atoms with Gasteiger partial charge in [0.1, 0.15) is 12.7 Å². The number of esters is 2. The minimum Gasteiger partial charge on any atom is -0.462 e. The summed E-state index contributed by atoms with van der Waals surface area (Å²) in [7, 11) is -4.69. The number of hydrogen-bond acceptors (Lipinski definition) is 11. The Hall–Kier alpha value is -3.71. The van der Waals surface area contributed by atoms with Crippen molar-refractivity contribution in [1.29, 1.82) is 0 Å². The summed E-state index contributed by atoms with van der Waals surface area (Å²) in [6.07, 6.45) is 46.7. The first-order valence-electron chi connectivity index (χ1n) is 21.7. The largest absolute Gasteiger partial charge is 0.472 e. The predicted molar refractivity (Wildman–Crippen MR) is 244 cm³/mol. The smallest absolute Gasteiger partial charge is 0.462 e. The zero-order chi connectivity index (χ0) is 45.1. The SMILES string of the molecule is CC/C=C\C[C@H](O)/C=C/C=C\C=C\[C@H](O)C/C=C\C/C=C\CCC(=O)O[C@H](COC(=O)CCC/C=C\C/C=C\C/C=C\C/C=C\CCCCC)COP(=O)(O)OC[C@@H](O)CO. The Bertz CT molecular complexity index is 1460. The summed E-state index contributed by atoms with van der Waals surface area (Å²) in [4.78, 5) is 35.0. The third-order valence-corrected chi connectivity index (χ3v) is 9.23. The second-order valence-electron chi connectivity index (χ2n) is 14.0. The molecule has 0 bridgehead atoms. The van der Waals surface area contributed by atoms with Gasteiger partial charge >= 0.3 is 19.8 Å². The van der Waals surface area contributed by atoms with Gasteiger partial charge in [0.05, 0.1) is 32.0 Å². The van der Waals surface area contributed by atoms with E-state index < -0.39 is 70.6 Å². The second-order valence-corrected chi connectivity index (χ2v) is 15.5. The molecule has 13 heteroatoms. The Morgan fingerprint density at radius 3 is 1.64 bits per heavy atom. The van der Waals surface area contributed by atoms with Crippen LogP contribution in [0.1, 0.15) is 117 Å². The molecule has 0 spiro atoms. The van der Waals surface area contributed by atoms with Crippen LogP contribution in [0.15, 0.2) is 122 Å². The van der Waals surface area contributed by atoms with Crippen LogP contribution in [0.5, 0.6) is 0 Å². The molecule has 1 unspecified atom stereocenters. The van der Waals surface area contributed by atoms with Gasteiger partial charge in [0.25, 0.3) is 0 Å². The Labute approximate surface area is 365 Å². The standard InChI is InChI=1S/C48H75O12P/c1-3-5-7-8-9-10-11-12-13-14-15-16-17-18-19-23-31-37-47(53)57-41-46(42-59-61(55,56)58-40-45(52)39-49)60-48(54)38-32-24-21-20-22-28-34-44(51)36-30-26-25-29-35-43(50)33-27-6-4-2/h6,9-10,12-13,15-16,18-19,21-22,24-30,35-36,43-46,49-52H,3-5,7-8,11,14,17,20,23,31-34,37-42H2,1-2H3,(H,55,56)/b10-9-,13-12-,16-15-,19-18-,24-21-,26-25-,27-6-,28-22-,35-29+,36-30+/t43-,44+,45-,46+/m0/s1. The molecule has 0 aromatic heterocycles. The molecule has 0 aliphatic heterocycles. The topological polar surface area (TPSA) is 189 Å². The molecule has 0 saturated carbocycles. The monoisotopic (exact) mass is 874 g/mol. The number of aliphatic hydroxyl groups excluding tert-OH is 4. The lowest BCUT2D eigenvalue weighted by molar-refractivity contribution is -0.161. The third-order valence-electron chi connectivity index (χ3n) is 8.28. The van der Waals surface area contributed by atoms with Crippen LogP contribution < -0.4 is 0 Å². The summed E-state index contributed by atoms with van der Waals surface area (Å²) in [5.74, 6) is -1.17. The number of carbonyl (C=O) groups excluding carboxylic acids is 2. The summed E-state index contributed by atoms with van der Waals surface area (Å²) in [5.41, 5.74) is 0. The van der Waals surface area contributed by atoms with Gasteiger partial charge in [0.2, 0.25) is 0 Å². The van der Waals surface area contributed by atoms with Crippen molar-refractivity contribution < 1.29 is 58.0 Å². The highest BCUT2D eigenvalue weighted by Crippen LogP contribution is 2.43. The van der Waals surface area contributed by atoms with Gasteiger partial charge in [-0.2, -0.15) is 0 Å². The van der Waals surface area contributed by atoms with E-state index in [9.17, 15) is 34.4 Å². The molecule has 0 aliphatic rings. The molecule has 5 N–H and O–H groups in total. The highest BCUT2D eigenvalue weighted by atomic mass is 31.2. The normalized spacial score (nSPS) is 16.0. The Balaban J connectivity index is 4.66. The maximum Gasteiger partial charge on any atom is 0.472 e. The van der Waals surface area contributed by atoms with Crippen molar-refractivity contribution in [2.24, 2.45) is 0 Å². The van der Waals surface area contributed by atoms with Crippen LogP contribution in [0.3, 0.4) is 0 Å². The lowest BCUT2D eigenvalue weighted by Crippen LogP contribution is -2.29. The second kappa shape index (κ2) is 41.6. The van der Waals surface area contributed by atoms with Crippen LogP contribution in [-0.4, -0.2) is 88.1 Å². The molecule has 0 aromatic carbocycles. The van der Waals surface area contributed by atoms with Gasteiger partial charge in [-0.1, -0.05) is 148 Å². The number of allylic oxidation sites excluding steroid dienone is 16. The first-order chi connectivity index (χ1) is 29.5. The van der Waals surface area contributed by atoms with Crippen LogP contribution in [0.25, 0.3) is 0 Å². The van der Waals surface area contributed by atoms with E-state index in [0.29, 0.717) is 38.5 Å². The van der Waals surface area contributed by atoms with Gasteiger partial charge in [0, 0.05) is 12.8 Å². The van der Waals surface area contributed by atoms with Crippen molar-refractivity contribution in [3.05, 3.63) is 122 Å². The van der Waals surface area contributed by atoms with Crippen LogP contribution >= 0.6 is 7.82 Å². The van der Waals surface area contributed by atoms with E-state index in [1.165, 1.54) is 19.3 Å². The Morgan fingerprint density at radius 2 is 1.08 bits per heavy atom. The average Bonchev–Trinajstić information content (AvgIpc) is 3.24. The number of phosphoric ester groups is 1. The molecule has 12 nitrogen and oxygen atoms in total. The molecule has 0 aliphatic carbocycles. The van der Waals surface area contributed by atoms with Gasteiger partial charge in [-0.05, 0) is 77.0 Å². The minimum absolute atomic E-state index is 0.0171. The number of unbranched alkanes of at least 4 members (excludes halogenated alkanes) is 4. The van der Waals surface area contributed by atoms with Crippen molar-refractivity contribution >= 4 is 19.8 Å². The molecule has 0 rings (SSSR count). The summed E-state index contributed by atoms with van der Waals surface area (Å²) >= 11 is 0. The van der Waals surface area contributed by atoms with E-state index in [-0.39, 0.29) is 12.8 Å². The number of hydrogen-bond donors (Lipinski definition) is 5. The lowest BCUT2D eigenvalue weighted by atomic mass is 10.2. The Kier molecular flexibility index (Phi) is 39.1. The number of rotatable bonds is 38. The number of aliphatic hydroxyl groups is 4. The minimum atomic E-state index is -4.69. The predicted octanol–water partition coefficient (Wildman–Crippen LogP) is 9.49. The molecule has 0 heterocycles. The maximum atomic E-state index is 12.6. The van der Waals surface area contributed by atoms with Crippen molar-refractivity contribution in [2.45, 2.75) is 141 Å². The van der Waals surface area contributed by atoms with Crippen LogP contribution in [0.4, 0.5) is 0 Å². The van der Waals surface area contributed by atoms with E-state index in [1.54, 1.807) is 42.5 Å². The first-order valence-corrected chi connectivity index (χ1v) is 23.2. The molecule has 0 radical (unpaired) electrons. The van der Waals surface area contributed by atoms with Crippen LogP contribution in [0, 0.1) is 0 Å². The summed E-state index contributed by atoms with van der Waals surface area (Å²) in [6, 6.07) is 0. The van der Waals surface area contributed by atoms with E-state index in [2.05, 4.69) is 47.9 Å². The average molecular weight is 875 g/mol. The molecule has 5 atom stereocenters. The highest BCUT2D eigenvalue weighted by Gasteiger charge is 2.27. The molecule has 0 fully saturated rings. The van der Waals surface area contributed by atoms with Gasteiger partial charge in [0.15, 0.2) is 6.10 Å². The van der Waals surface area contributed by atoms with E-state index in [0.717, 1.165) is 32.1 Å². The van der Waals surface area contributed by atoms with Crippen molar-refractivity contribution in [3.8, 4) is 0 Å². The molecule has 61 heavy (non-hydrogen) atoms. The molecule has 0 amide bonds. The van der Waals surface area contributed by atoms with Crippen molar-refractivity contribution in [2.75, 3.05) is 26.4 Å². The lowest BCUT2D eigenvalue weighted by Gasteiger charge is -2.20. The molecule has 0 saturated heterocycles. The number of phosphoric acid groups is 1. The fourth-order valence-corrected chi connectivity index (χ4v) is 5.68. The third kappa shape index (κ3) is 41.4. The number of ether oxygens (including phenoxy) is 2. The van der Waals surface area contributed by atoms with Crippen molar-refractivity contribution in [3.63, 3.8) is 0 Å². The molecular formula is C48H75O12P. The van der Waals surface area contributed by atoms with Crippen molar-refractivity contribution in [1.82, 2.24) is 0 Å². The molecular weight excluding hydrogens is 799 g/mol. The zero-order valence-corrected chi connectivity index (χ0v) is 37.4. The van der Waals surface area contributed by atoms with Crippen LogP contribution in [0.2, 0.25) is 0 Å². The maximum absolute atomic E-state index is 12.6. The summed E-state index contributed by atoms with van der Waals surface area (Å²) in [5, 5.41) is 38.3. The summed E-state index contributed by atoms with van der Waals surface area (Å²) in [6.45, 7) is 1.86. The Morgan fingerprint density at radius 1 is 0.574 bits per heavy atom. The molecule has 344 valence electrons. The van der Waals surface area contributed by atoms with Crippen LogP contribution in [-0.2, 0) is 32.7 Å². The molecule has 0 aromatic rings. The fraction of sp³-hybridized carbons (Fsp3) is 0.542. The first kappa shape index (κ1) is 57.3. The van der Waals surface area contributed by atoms with Gasteiger partial charge in [-0.15, -0.1) is 0 Å². The zero-order valence-electron chi connectivity index (χ0n) is 36.5. The van der Waals surface area contributed by atoms with Gasteiger partial charge in [-0.3, -0.25) is 18.6 Å². The highest BCUT2D eigenvalue weighted by molar-refractivity contribution is 7.47. The quantitative estimate of drug-likeness (QED) is 0.0130. The summed E-state index contributed by atoms with van der Waals surface area (Å²) < 4.78 is 32.5.